The Labute approximate surface area is 158 Å². The van der Waals surface area contributed by atoms with Crippen molar-refractivity contribution in [2.24, 2.45) is 11.8 Å². The molecule has 132 valence electrons. The summed E-state index contributed by atoms with van der Waals surface area (Å²) in [4.78, 5) is 0. The van der Waals surface area contributed by atoms with E-state index in [1.165, 1.54) is 35.1 Å². The van der Waals surface area contributed by atoms with E-state index in [9.17, 15) is 0 Å². The number of rotatable bonds is 3. The van der Waals surface area contributed by atoms with Crippen LogP contribution in [0.15, 0.2) is 78.9 Å². The lowest BCUT2D eigenvalue weighted by atomic mass is 9.70. The van der Waals surface area contributed by atoms with Gasteiger partial charge >= 0.3 is 0 Å². The van der Waals surface area contributed by atoms with E-state index in [-0.39, 0.29) is 0 Å². The van der Waals surface area contributed by atoms with Crippen molar-refractivity contribution < 1.29 is 0 Å². The third-order valence-electron chi connectivity index (χ3n) is 6.00. The van der Waals surface area contributed by atoms with Crippen LogP contribution in [0.1, 0.15) is 54.9 Å². The maximum atomic E-state index is 2.42. The summed E-state index contributed by atoms with van der Waals surface area (Å²) >= 11 is 0. The topological polar surface area (TPSA) is 0 Å². The van der Waals surface area contributed by atoms with Gasteiger partial charge in [0.05, 0.1) is 0 Å². The van der Waals surface area contributed by atoms with E-state index in [1.807, 2.05) is 0 Å². The molecule has 2 aromatic rings. The third kappa shape index (κ3) is 3.46. The van der Waals surface area contributed by atoms with Gasteiger partial charge in [-0.05, 0) is 58.9 Å². The molecule has 4 rings (SSSR count). The highest BCUT2D eigenvalue weighted by Gasteiger charge is 2.29. The molecule has 26 heavy (non-hydrogen) atoms. The molecular formula is C26H28. The van der Waals surface area contributed by atoms with E-state index >= 15 is 0 Å². The normalized spacial score (nSPS) is 22.0. The summed E-state index contributed by atoms with van der Waals surface area (Å²) in [5, 5.41) is 0. The second-order valence-corrected chi connectivity index (χ2v) is 8.01. The molecule has 2 aromatic carbocycles. The van der Waals surface area contributed by atoms with Crippen LogP contribution in [-0.4, -0.2) is 0 Å². The summed E-state index contributed by atoms with van der Waals surface area (Å²) in [7, 11) is 0. The van der Waals surface area contributed by atoms with Gasteiger partial charge in [-0.1, -0.05) is 92.8 Å². The van der Waals surface area contributed by atoms with Gasteiger partial charge in [-0.2, -0.15) is 0 Å². The largest absolute Gasteiger partial charge is 0.0807 e. The zero-order valence-electron chi connectivity index (χ0n) is 15.9. The minimum Gasteiger partial charge on any atom is -0.0807 e. The number of benzene rings is 2. The summed E-state index contributed by atoms with van der Waals surface area (Å²) in [6, 6.07) is 18.3. The molecule has 0 saturated carbocycles. The zero-order valence-corrected chi connectivity index (χ0v) is 15.9. The molecule has 0 spiro atoms. The summed E-state index contributed by atoms with van der Waals surface area (Å²) in [5.41, 5.74) is 7.18. The van der Waals surface area contributed by atoms with Crippen LogP contribution < -0.4 is 0 Å². The van der Waals surface area contributed by atoms with Gasteiger partial charge in [0.25, 0.3) is 0 Å². The highest BCUT2D eigenvalue weighted by Crippen LogP contribution is 2.42. The maximum absolute atomic E-state index is 2.42. The predicted molar refractivity (Wildman–Crippen MR) is 112 cm³/mol. The van der Waals surface area contributed by atoms with Gasteiger partial charge in [-0.15, -0.1) is 0 Å². The van der Waals surface area contributed by atoms with Crippen LogP contribution in [0.4, 0.5) is 0 Å². The van der Waals surface area contributed by atoms with Crippen molar-refractivity contribution in [3.63, 3.8) is 0 Å². The molecule has 0 N–H and O–H groups in total. The Morgan fingerprint density at radius 1 is 0.962 bits per heavy atom. The van der Waals surface area contributed by atoms with Gasteiger partial charge in [0, 0.05) is 5.92 Å². The van der Waals surface area contributed by atoms with E-state index < -0.39 is 0 Å². The Balaban J connectivity index is 1.74. The van der Waals surface area contributed by atoms with Crippen LogP contribution in [-0.2, 0) is 6.42 Å². The quantitative estimate of drug-likeness (QED) is 0.568. The first-order valence-electron chi connectivity index (χ1n) is 9.94. The van der Waals surface area contributed by atoms with Crippen LogP contribution in [0.3, 0.4) is 0 Å². The van der Waals surface area contributed by atoms with E-state index in [0.29, 0.717) is 5.92 Å². The fraction of sp³-hybridized carbons (Fsp3) is 0.308. The second-order valence-electron chi connectivity index (χ2n) is 8.01. The second kappa shape index (κ2) is 7.50. The minimum absolute atomic E-state index is 0.512. The highest BCUT2D eigenvalue weighted by molar-refractivity contribution is 5.76. The SMILES string of the molecule is CC(C)[C@H]1Cc2ccccc2[C@H](c2cccc(C3=CC=CCC=C3)c2)C1. The van der Waals surface area contributed by atoms with Crippen LogP contribution in [0.25, 0.3) is 5.57 Å². The predicted octanol–water partition coefficient (Wildman–Crippen LogP) is 6.94. The first-order valence-corrected chi connectivity index (χ1v) is 9.94. The average Bonchev–Trinajstić information content (AvgIpc) is 2.96. The molecule has 2 aliphatic rings. The van der Waals surface area contributed by atoms with Crippen molar-refractivity contribution in [1.29, 1.82) is 0 Å². The lowest BCUT2D eigenvalue weighted by molar-refractivity contribution is 0.326. The monoisotopic (exact) mass is 340 g/mol. The number of hydrogen-bond acceptors (Lipinski definition) is 0. The van der Waals surface area contributed by atoms with Crippen LogP contribution in [0.2, 0.25) is 0 Å². The van der Waals surface area contributed by atoms with Gasteiger partial charge < -0.3 is 0 Å². The smallest absolute Gasteiger partial charge is 0.00951 e. The Bertz CT molecular complexity index is 863. The Morgan fingerprint density at radius 2 is 1.85 bits per heavy atom. The molecule has 2 atom stereocenters. The van der Waals surface area contributed by atoms with Crippen molar-refractivity contribution >= 4 is 5.57 Å². The fourth-order valence-corrected chi connectivity index (χ4v) is 4.39. The Kier molecular flexibility index (Phi) is 4.93. The average molecular weight is 341 g/mol. The molecule has 0 fully saturated rings. The maximum Gasteiger partial charge on any atom is 0.00951 e. The van der Waals surface area contributed by atoms with Gasteiger partial charge in [0.15, 0.2) is 0 Å². The van der Waals surface area contributed by atoms with E-state index in [4.69, 9.17) is 0 Å². The van der Waals surface area contributed by atoms with Crippen LogP contribution in [0.5, 0.6) is 0 Å². The number of fused-ring (bicyclic) bond motifs is 1. The molecule has 0 saturated heterocycles. The summed E-state index contributed by atoms with van der Waals surface area (Å²) in [6.45, 7) is 4.75. The van der Waals surface area contributed by atoms with Gasteiger partial charge in [0.1, 0.15) is 0 Å². The molecule has 0 aliphatic heterocycles. The van der Waals surface area contributed by atoms with E-state index in [0.717, 1.165) is 18.3 Å². The van der Waals surface area contributed by atoms with Crippen molar-refractivity contribution in [2.45, 2.75) is 39.0 Å². The molecule has 0 radical (unpaired) electrons. The first-order chi connectivity index (χ1) is 12.7. The number of hydrogen-bond donors (Lipinski definition) is 0. The van der Waals surface area contributed by atoms with Gasteiger partial charge in [-0.3, -0.25) is 0 Å². The van der Waals surface area contributed by atoms with Crippen LogP contribution in [0, 0.1) is 11.8 Å². The lowest BCUT2D eigenvalue weighted by Crippen LogP contribution is -2.23. The van der Waals surface area contributed by atoms with Crippen LogP contribution >= 0.6 is 0 Å². The summed E-state index contributed by atoms with van der Waals surface area (Å²) in [5.74, 6) is 2.00. The standard InChI is InChI=1S/C26H28/c1-19(2)24-17-22-12-7-8-15-25(22)26(18-24)23-14-9-13-21(16-23)20-10-5-3-4-6-11-20/h3,5-16,19,24,26H,4,17-18H2,1-2H3/t24-,26-/m0/s1. The lowest BCUT2D eigenvalue weighted by Gasteiger charge is -2.34. The van der Waals surface area contributed by atoms with Crippen molar-refractivity contribution in [3.8, 4) is 0 Å². The van der Waals surface area contributed by atoms with Gasteiger partial charge in [0.2, 0.25) is 0 Å². The molecule has 0 bridgehead atoms. The summed E-state index contributed by atoms with van der Waals surface area (Å²) < 4.78 is 0. The van der Waals surface area contributed by atoms with Gasteiger partial charge in [-0.25, -0.2) is 0 Å². The Morgan fingerprint density at radius 3 is 2.73 bits per heavy atom. The van der Waals surface area contributed by atoms with Crippen molar-refractivity contribution in [1.82, 2.24) is 0 Å². The molecule has 0 unspecified atom stereocenters. The number of allylic oxidation sites excluding steroid dienone is 6. The zero-order chi connectivity index (χ0) is 17.9. The van der Waals surface area contributed by atoms with E-state index in [1.54, 1.807) is 5.56 Å². The molecule has 0 heteroatoms. The third-order valence-corrected chi connectivity index (χ3v) is 6.00. The fourth-order valence-electron chi connectivity index (χ4n) is 4.39. The van der Waals surface area contributed by atoms with Crippen molar-refractivity contribution in [2.75, 3.05) is 0 Å². The summed E-state index contributed by atoms with van der Waals surface area (Å²) in [6.07, 6.45) is 14.6. The van der Waals surface area contributed by atoms with E-state index in [2.05, 4.69) is 92.8 Å². The molecule has 0 amide bonds. The molecule has 0 aromatic heterocycles. The molecule has 0 nitrogen and oxygen atoms in total. The minimum atomic E-state index is 0.512. The highest BCUT2D eigenvalue weighted by atomic mass is 14.3. The first kappa shape index (κ1) is 17.1. The van der Waals surface area contributed by atoms with Crippen molar-refractivity contribution in [3.05, 3.63) is 101 Å². The molecule has 0 heterocycles. The Hall–Kier alpha value is -2.34. The molecular weight excluding hydrogens is 312 g/mol. The molecule has 2 aliphatic carbocycles.